The second kappa shape index (κ2) is 8.06. The Morgan fingerprint density at radius 1 is 1.00 bits per heavy atom. The van der Waals surface area contributed by atoms with Crippen LogP contribution in [0.15, 0.2) is 35.8 Å². The lowest BCUT2D eigenvalue weighted by Gasteiger charge is -2.14. The van der Waals surface area contributed by atoms with Crippen LogP contribution in [0.3, 0.4) is 0 Å². The lowest BCUT2D eigenvalue weighted by atomic mass is 9.99. The molecule has 0 atom stereocenters. The third kappa shape index (κ3) is 4.41. The van der Waals surface area contributed by atoms with Crippen LogP contribution in [0.1, 0.15) is 48.9 Å². The number of amides is 2. The smallest absolute Gasteiger partial charge is 0.257 e. The summed E-state index contributed by atoms with van der Waals surface area (Å²) >= 11 is 1.37. The van der Waals surface area contributed by atoms with Gasteiger partial charge in [-0.1, -0.05) is 25.7 Å². The second-order valence-corrected chi connectivity index (χ2v) is 6.94. The van der Waals surface area contributed by atoms with Gasteiger partial charge in [0.2, 0.25) is 5.91 Å². The normalized spacial score (nSPS) is 15.5. The summed E-state index contributed by atoms with van der Waals surface area (Å²) in [5.41, 5.74) is 1.27. The fraction of sp³-hybridized carbons (Fsp3) is 0.389. The summed E-state index contributed by atoms with van der Waals surface area (Å²) in [7, 11) is 0. The minimum Gasteiger partial charge on any atom is -0.326 e. The predicted octanol–water partition coefficient (Wildman–Crippen LogP) is 4.30. The molecule has 2 aromatic rings. The molecule has 0 unspecified atom stereocenters. The molecule has 2 N–H and O–H groups in total. The molecule has 1 fully saturated rings. The van der Waals surface area contributed by atoms with E-state index in [1.165, 1.54) is 24.2 Å². The van der Waals surface area contributed by atoms with E-state index in [2.05, 4.69) is 15.6 Å². The van der Waals surface area contributed by atoms with Crippen molar-refractivity contribution >= 4 is 34.0 Å². The first-order chi connectivity index (χ1) is 11.7. The van der Waals surface area contributed by atoms with E-state index in [1.54, 1.807) is 30.5 Å². The summed E-state index contributed by atoms with van der Waals surface area (Å²) in [6.45, 7) is 0. The molecule has 1 saturated carbocycles. The van der Waals surface area contributed by atoms with Gasteiger partial charge < -0.3 is 5.32 Å². The summed E-state index contributed by atoms with van der Waals surface area (Å²) in [5, 5.41) is 8.09. The fourth-order valence-electron chi connectivity index (χ4n) is 2.95. The average Bonchev–Trinajstić information content (AvgIpc) is 2.94. The highest BCUT2D eigenvalue weighted by Crippen LogP contribution is 2.24. The van der Waals surface area contributed by atoms with E-state index in [0.29, 0.717) is 10.7 Å². The van der Waals surface area contributed by atoms with Crippen LogP contribution in [0.4, 0.5) is 10.8 Å². The lowest BCUT2D eigenvalue weighted by molar-refractivity contribution is -0.120. The van der Waals surface area contributed by atoms with Crippen LogP contribution >= 0.6 is 11.3 Å². The number of anilines is 2. The van der Waals surface area contributed by atoms with Gasteiger partial charge in [-0.3, -0.25) is 14.9 Å². The molecule has 0 spiro atoms. The van der Waals surface area contributed by atoms with Crippen molar-refractivity contribution in [2.45, 2.75) is 38.5 Å². The molecule has 126 valence electrons. The minimum absolute atomic E-state index is 0.0943. The van der Waals surface area contributed by atoms with Gasteiger partial charge in [0.05, 0.1) is 0 Å². The summed E-state index contributed by atoms with van der Waals surface area (Å²) in [5.74, 6) is 0.00357. The van der Waals surface area contributed by atoms with Crippen LogP contribution in [0.2, 0.25) is 0 Å². The first kappa shape index (κ1) is 16.6. The third-order valence-corrected chi connectivity index (χ3v) is 4.98. The Morgan fingerprint density at radius 2 is 1.71 bits per heavy atom. The predicted molar refractivity (Wildman–Crippen MR) is 96.3 cm³/mol. The zero-order valence-electron chi connectivity index (χ0n) is 13.5. The van der Waals surface area contributed by atoms with E-state index in [-0.39, 0.29) is 17.7 Å². The molecule has 0 aliphatic heterocycles. The maximum atomic E-state index is 12.4. The van der Waals surface area contributed by atoms with Crippen molar-refractivity contribution in [1.82, 2.24) is 4.98 Å². The average molecular weight is 343 g/mol. The van der Waals surface area contributed by atoms with Crippen LogP contribution in [-0.2, 0) is 4.79 Å². The van der Waals surface area contributed by atoms with Gasteiger partial charge in [0, 0.05) is 28.7 Å². The molecular formula is C18H21N3O2S. The molecule has 1 aliphatic carbocycles. The van der Waals surface area contributed by atoms with Crippen molar-refractivity contribution < 1.29 is 9.59 Å². The van der Waals surface area contributed by atoms with Crippen molar-refractivity contribution in [3.63, 3.8) is 0 Å². The Bertz CT molecular complexity index is 675. The molecule has 1 heterocycles. The van der Waals surface area contributed by atoms with Gasteiger partial charge in [0.1, 0.15) is 0 Å². The largest absolute Gasteiger partial charge is 0.326 e. The van der Waals surface area contributed by atoms with Crippen molar-refractivity contribution in [1.29, 1.82) is 0 Å². The molecule has 1 aliphatic rings. The zero-order chi connectivity index (χ0) is 16.8. The van der Waals surface area contributed by atoms with Crippen molar-refractivity contribution in [2.24, 2.45) is 5.92 Å². The maximum absolute atomic E-state index is 12.4. The van der Waals surface area contributed by atoms with Gasteiger partial charge in [-0.15, -0.1) is 11.3 Å². The van der Waals surface area contributed by atoms with Crippen molar-refractivity contribution in [2.75, 3.05) is 10.6 Å². The number of nitrogens with zero attached hydrogens (tertiary/aromatic N) is 1. The van der Waals surface area contributed by atoms with Gasteiger partial charge in [-0.05, 0) is 37.1 Å². The molecule has 1 aromatic carbocycles. The standard InChI is InChI=1S/C18H21N3O2S/c22-16(13-5-3-1-2-4-6-13)20-15-9-7-14(8-10-15)17(23)21-18-19-11-12-24-18/h7-13H,1-6H2,(H,20,22)(H,19,21,23). The van der Waals surface area contributed by atoms with E-state index in [1.807, 2.05) is 5.38 Å². The Labute approximate surface area is 145 Å². The highest BCUT2D eigenvalue weighted by molar-refractivity contribution is 7.13. The van der Waals surface area contributed by atoms with E-state index >= 15 is 0 Å². The van der Waals surface area contributed by atoms with Crippen LogP contribution in [0.25, 0.3) is 0 Å². The van der Waals surface area contributed by atoms with Gasteiger partial charge >= 0.3 is 0 Å². The maximum Gasteiger partial charge on any atom is 0.257 e. The molecule has 0 saturated heterocycles. The monoisotopic (exact) mass is 343 g/mol. The van der Waals surface area contributed by atoms with Crippen LogP contribution in [0.5, 0.6) is 0 Å². The molecule has 0 radical (unpaired) electrons. The first-order valence-corrected chi connectivity index (χ1v) is 9.22. The number of carbonyl (C=O) groups excluding carboxylic acids is 2. The Hall–Kier alpha value is -2.21. The van der Waals surface area contributed by atoms with E-state index < -0.39 is 0 Å². The fourth-order valence-corrected chi connectivity index (χ4v) is 3.47. The minimum atomic E-state index is -0.202. The van der Waals surface area contributed by atoms with E-state index in [9.17, 15) is 9.59 Å². The molecule has 24 heavy (non-hydrogen) atoms. The summed E-state index contributed by atoms with van der Waals surface area (Å²) < 4.78 is 0. The number of hydrogen-bond acceptors (Lipinski definition) is 4. The Kier molecular flexibility index (Phi) is 5.59. The topological polar surface area (TPSA) is 71.1 Å². The van der Waals surface area contributed by atoms with Gasteiger partial charge in [0.25, 0.3) is 5.91 Å². The molecule has 5 nitrogen and oxygen atoms in total. The van der Waals surface area contributed by atoms with Gasteiger partial charge in [0.15, 0.2) is 5.13 Å². The molecule has 1 aromatic heterocycles. The SMILES string of the molecule is O=C(Nc1nccs1)c1ccc(NC(=O)C2CCCCCC2)cc1. The van der Waals surface area contributed by atoms with E-state index in [0.717, 1.165) is 31.4 Å². The molecular weight excluding hydrogens is 322 g/mol. The molecule has 2 amide bonds. The van der Waals surface area contributed by atoms with E-state index in [4.69, 9.17) is 0 Å². The summed E-state index contributed by atoms with van der Waals surface area (Å²) in [6, 6.07) is 6.97. The highest BCUT2D eigenvalue weighted by Gasteiger charge is 2.20. The number of hydrogen-bond donors (Lipinski definition) is 2. The number of nitrogens with one attached hydrogen (secondary N) is 2. The zero-order valence-corrected chi connectivity index (χ0v) is 14.3. The number of rotatable bonds is 4. The Morgan fingerprint density at radius 3 is 2.33 bits per heavy atom. The van der Waals surface area contributed by atoms with Gasteiger partial charge in [-0.25, -0.2) is 4.98 Å². The lowest BCUT2D eigenvalue weighted by Crippen LogP contribution is -2.22. The van der Waals surface area contributed by atoms with Crippen LogP contribution < -0.4 is 10.6 Å². The second-order valence-electron chi connectivity index (χ2n) is 6.05. The quantitative estimate of drug-likeness (QED) is 0.813. The van der Waals surface area contributed by atoms with Crippen LogP contribution in [0, 0.1) is 5.92 Å². The highest BCUT2D eigenvalue weighted by atomic mass is 32.1. The van der Waals surface area contributed by atoms with Crippen molar-refractivity contribution in [3.8, 4) is 0 Å². The number of aromatic nitrogens is 1. The Balaban J connectivity index is 1.57. The van der Waals surface area contributed by atoms with Gasteiger partial charge in [-0.2, -0.15) is 0 Å². The summed E-state index contributed by atoms with van der Waals surface area (Å²) in [6.07, 6.45) is 8.31. The first-order valence-electron chi connectivity index (χ1n) is 8.34. The molecule has 3 rings (SSSR count). The number of thiazole rings is 1. The number of carbonyl (C=O) groups is 2. The van der Waals surface area contributed by atoms with Crippen molar-refractivity contribution in [3.05, 3.63) is 41.4 Å². The third-order valence-electron chi connectivity index (χ3n) is 4.29. The molecule has 6 heteroatoms. The number of benzene rings is 1. The summed E-state index contributed by atoms with van der Waals surface area (Å²) in [4.78, 5) is 28.5. The van der Waals surface area contributed by atoms with Crippen LogP contribution in [-0.4, -0.2) is 16.8 Å². The molecule has 0 bridgehead atoms.